The molecule has 0 amide bonds. The molecule has 2 unspecified atom stereocenters. The van der Waals surface area contributed by atoms with Gasteiger partial charge >= 0.3 is 0 Å². The molecule has 0 aromatic heterocycles. The fourth-order valence-electron chi connectivity index (χ4n) is 6.14. The first-order valence-corrected chi connectivity index (χ1v) is 13.1. The molecule has 0 bridgehead atoms. The Bertz CT molecular complexity index is 1180. The van der Waals surface area contributed by atoms with E-state index >= 15 is 0 Å². The fraction of sp³-hybridized carbons (Fsp3) is 0.294. The largest absolute Gasteiger partial charge is 0.323 e. The molecular weight excluding hydrogens is 422 g/mol. The smallest absolute Gasteiger partial charge is 0.0373 e. The van der Waals surface area contributed by atoms with E-state index in [2.05, 4.69) is 130 Å². The minimum atomic E-state index is -0.0963. The standard InChI is InChI=1S/C34H39N/c1-4-30-29(25-26-17-10-7-11-18-26)23-16-24-31(30)34(5-2,6-3)32(27-19-12-8-13-20-27)33(35)28-21-14-9-15-22-28/h7-24,32-33H,4-6,25,35H2,1-3H3. The maximum atomic E-state index is 7.20. The van der Waals surface area contributed by atoms with Crippen LogP contribution in [0.25, 0.3) is 0 Å². The molecule has 0 fully saturated rings. The molecule has 4 aromatic rings. The zero-order valence-corrected chi connectivity index (χ0v) is 21.5. The predicted octanol–water partition coefficient (Wildman–Crippen LogP) is 8.38. The molecule has 2 N–H and O–H groups in total. The van der Waals surface area contributed by atoms with Crippen LogP contribution in [-0.2, 0) is 18.3 Å². The Morgan fingerprint density at radius 2 is 1.17 bits per heavy atom. The molecule has 0 saturated heterocycles. The van der Waals surface area contributed by atoms with Gasteiger partial charge in [0.2, 0.25) is 0 Å². The SMILES string of the molecule is CCc1c(Cc2ccccc2)cccc1C(CC)(CC)C(c1ccccc1)C(N)c1ccccc1. The average Bonchev–Trinajstić information content (AvgIpc) is 2.93. The zero-order valence-electron chi connectivity index (χ0n) is 21.5. The van der Waals surface area contributed by atoms with Crippen molar-refractivity contribution in [2.24, 2.45) is 5.73 Å². The van der Waals surface area contributed by atoms with Crippen molar-refractivity contribution in [3.05, 3.63) is 143 Å². The van der Waals surface area contributed by atoms with Crippen LogP contribution in [0.5, 0.6) is 0 Å². The van der Waals surface area contributed by atoms with Crippen LogP contribution in [0.2, 0.25) is 0 Å². The molecule has 4 aromatic carbocycles. The van der Waals surface area contributed by atoms with Crippen LogP contribution in [0.3, 0.4) is 0 Å². The van der Waals surface area contributed by atoms with Gasteiger partial charge in [0, 0.05) is 17.4 Å². The summed E-state index contributed by atoms with van der Waals surface area (Å²) in [5.41, 5.74) is 15.4. The van der Waals surface area contributed by atoms with Crippen molar-refractivity contribution >= 4 is 0 Å². The summed E-state index contributed by atoms with van der Waals surface area (Å²) in [4.78, 5) is 0. The number of hydrogen-bond acceptors (Lipinski definition) is 1. The van der Waals surface area contributed by atoms with E-state index in [1.807, 2.05) is 0 Å². The molecule has 0 heterocycles. The summed E-state index contributed by atoms with van der Waals surface area (Å²) < 4.78 is 0. The Morgan fingerprint density at radius 3 is 1.71 bits per heavy atom. The number of benzene rings is 4. The maximum Gasteiger partial charge on any atom is 0.0373 e. The predicted molar refractivity (Wildman–Crippen MR) is 150 cm³/mol. The Kier molecular flexibility index (Phi) is 8.21. The van der Waals surface area contributed by atoms with Gasteiger partial charge in [-0.05, 0) is 59.1 Å². The van der Waals surface area contributed by atoms with Gasteiger partial charge in [0.15, 0.2) is 0 Å². The van der Waals surface area contributed by atoms with E-state index in [1.165, 1.54) is 33.4 Å². The average molecular weight is 462 g/mol. The maximum absolute atomic E-state index is 7.20. The first-order chi connectivity index (χ1) is 17.1. The van der Waals surface area contributed by atoms with Crippen molar-refractivity contribution in [1.82, 2.24) is 0 Å². The summed E-state index contributed by atoms with van der Waals surface area (Å²) in [6.07, 6.45) is 4.04. The second-order valence-corrected chi connectivity index (χ2v) is 9.65. The van der Waals surface area contributed by atoms with Gasteiger partial charge in [-0.2, -0.15) is 0 Å². The van der Waals surface area contributed by atoms with E-state index in [4.69, 9.17) is 5.73 Å². The summed E-state index contributed by atoms with van der Waals surface area (Å²) in [5, 5.41) is 0. The third-order valence-electron chi connectivity index (χ3n) is 7.96. The normalized spacial score (nSPS) is 13.4. The van der Waals surface area contributed by atoms with Gasteiger partial charge in [0.25, 0.3) is 0 Å². The van der Waals surface area contributed by atoms with Crippen LogP contribution in [0, 0.1) is 0 Å². The molecule has 2 atom stereocenters. The Morgan fingerprint density at radius 1 is 0.629 bits per heavy atom. The molecule has 4 rings (SSSR count). The van der Waals surface area contributed by atoms with Crippen molar-refractivity contribution in [2.75, 3.05) is 0 Å². The van der Waals surface area contributed by atoms with Crippen LogP contribution in [-0.4, -0.2) is 0 Å². The molecule has 180 valence electrons. The number of hydrogen-bond donors (Lipinski definition) is 1. The Hall–Kier alpha value is -3.16. The first kappa shape index (κ1) is 24.9. The minimum absolute atomic E-state index is 0.0747. The van der Waals surface area contributed by atoms with Gasteiger partial charge in [-0.3, -0.25) is 0 Å². The van der Waals surface area contributed by atoms with E-state index in [1.54, 1.807) is 0 Å². The highest BCUT2D eigenvalue weighted by Gasteiger charge is 2.43. The summed E-state index contributed by atoms with van der Waals surface area (Å²) >= 11 is 0. The second kappa shape index (κ2) is 11.5. The summed E-state index contributed by atoms with van der Waals surface area (Å²) in [6.45, 7) is 7.00. The van der Waals surface area contributed by atoms with Gasteiger partial charge in [-0.15, -0.1) is 0 Å². The summed E-state index contributed by atoms with van der Waals surface area (Å²) in [7, 11) is 0. The van der Waals surface area contributed by atoms with Crippen molar-refractivity contribution in [2.45, 2.75) is 63.8 Å². The van der Waals surface area contributed by atoms with Crippen molar-refractivity contribution in [1.29, 1.82) is 0 Å². The second-order valence-electron chi connectivity index (χ2n) is 9.65. The third kappa shape index (κ3) is 5.11. The van der Waals surface area contributed by atoms with E-state index in [0.717, 1.165) is 25.7 Å². The van der Waals surface area contributed by atoms with Crippen LogP contribution in [0.15, 0.2) is 109 Å². The summed E-state index contributed by atoms with van der Waals surface area (Å²) in [5.74, 6) is 0.165. The molecule has 0 aliphatic heterocycles. The van der Waals surface area contributed by atoms with E-state index in [9.17, 15) is 0 Å². The van der Waals surface area contributed by atoms with Crippen LogP contribution in [0.4, 0.5) is 0 Å². The molecular formula is C34H39N. The molecule has 0 saturated carbocycles. The first-order valence-electron chi connectivity index (χ1n) is 13.1. The van der Waals surface area contributed by atoms with E-state index < -0.39 is 0 Å². The minimum Gasteiger partial charge on any atom is -0.323 e. The lowest BCUT2D eigenvalue weighted by molar-refractivity contribution is 0.280. The molecule has 0 spiro atoms. The van der Waals surface area contributed by atoms with Gasteiger partial charge in [-0.25, -0.2) is 0 Å². The van der Waals surface area contributed by atoms with Gasteiger partial charge in [0.1, 0.15) is 0 Å². The Labute approximate surface area is 212 Å². The zero-order chi connectivity index (χ0) is 24.7. The topological polar surface area (TPSA) is 26.0 Å². The van der Waals surface area contributed by atoms with Crippen LogP contribution < -0.4 is 5.73 Å². The monoisotopic (exact) mass is 461 g/mol. The Balaban J connectivity index is 1.90. The van der Waals surface area contributed by atoms with Crippen molar-refractivity contribution < 1.29 is 0 Å². The fourth-order valence-corrected chi connectivity index (χ4v) is 6.14. The molecule has 1 nitrogen and oxygen atoms in total. The lowest BCUT2D eigenvalue weighted by Gasteiger charge is -2.45. The van der Waals surface area contributed by atoms with E-state index in [0.29, 0.717) is 0 Å². The van der Waals surface area contributed by atoms with Crippen molar-refractivity contribution in [3.63, 3.8) is 0 Å². The van der Waals surface area contributed by atoms with Gasteiger partial charge in [-0.1, -0.05) is 130 Å². The van der Waals surface area contributed by atoms with Crippen LogP contribution in [0.1, 0.15) is 79.0 Å². The third-order valence-corrected chi connectivity index (χ3v) is 7.96. The molecule has 0 aliphatic rings. The van der Waals surface area contributed by atoms with Crippen molar-refractivity contribution in [3.8, 4) is 0 Å². The summed E-state index contributed by atoms with van der Waals surface area (Å²) in [6, 6.07) is 39.3. The van der Waals surface area contributed by atoms with Crippen LogP contribution >= 0.6 is 0 Å². The molecule has 35 heavy (non-hydrogen) atoms. The highest BCUT2D eigenvalue weighted by atomic mass is 14.7. The van der Waals surface area contributed by atoms with Gasteiger partial charge < -0.3 is 5.73 Å². The molecule has 0 aliphatic carbocycles. The van der Waals surface area contributed by atoms with Gasteiger partial charge in [0.05, 0.1) is 0 Å². The molecule has 0 radical (unpaired) electrons. The lowest BCUT2D eigenvalue weighted by atomic mass is 9.59. The molecule has 1 heteroatoms. The highest BCUT2D eigenvalue weighted by molar-refractivity contribution is 5.46. The lowest BCUT2D eigenvalue weighted by Crippen LogP contribution is -2.40. The number of rotatable bonds is 10. The van der Waals surface area contributed by atoms with E-state index in [-0.39, 0.29) is 17.4 Å². The quantitative estimate of drug-likeness (QED) is 0.252. The number of nitrogens with two attached hydrogens (primary N) is 1. The highest BCUT2D eigenvalue weighted by Crippen LogP contribution is 2.51.